The lowest BCUT2D eigenvalue weighted by molar-refractivity contribution is -0.136. The number of sulfonamides is 1. The number of halogens is 3. The van der Waals surface area contributed by atoms with Gasteiger partial charge in [0.25, 0.3) is 31.7 Å². The largest absolute Gasteiger partial charge is 0.501 e. The summed E-state index contributed by atoms with van der Waals surface area (Å²) in [6.07, 6.45) is 7.20. The number of alkyl halides is 3. The van der Waals surface area contributed by atoms with Gasteiger partial charge in [0.15, 0.2) is 5.78 Å². The molecule has 560 valence electrons. The van der Waals surface area contributed by atoms with Crippen molar-refractivity contribution in [3.05, 3.63) is 161 Å². The average molecular weight is 1490 g/mol. The number of fused-ring (bicyclic) bond motifs is 1. The maximum absolute atomic E-state index is 14.6. The molecule has 4 aliphatic rings. The van der Waals surface area contributed by atoms with Gasteiger partial charge in [-0.05, 0) is 160 Å². The van der Waals surface area contributed by atoms with Gasteiger partial charge in [0.2, 0.25) is 11.8 Å². The molecule has 3 aliphatic heterocycles. The highest BCUT2D eigenvalue weighted by Gasteiger charge is 2.49. The van der Waals surface area contributed by atoms with Crippen molar-refractivity contribution < 1.29 is 63.5 Å². The molecule has 2 saturated heterocycles. The van der Waals surface area contributed by atoms with Crippen molar-refractivity contribution in [2.75, 3.05) is 107 Å². The summed E-state index contributed by atoms with van der Waals surface area (Å²) in [4.78, 5) is 71.4. The van der Waals surface area contributed by atoms with E-state index in [-0.39, 0.29) is 84.5 Å². The van der Waals surface area contributed by atoms with E-state index < -0.39 is 76.6 Å². The molecular weight excluding hydrogens is 1400 g/mol. The first kappa shape index (κ1) is 78.6. The molecule has 10 rings (SSSR count). The van der Waals surface area contributed by atoms with Gasteiger partial charge < -0.3 is 34.8 Å². The molecule has 1 unspecified atom stereocenters. The van der Waals surface area contributed by atoms with E-state index in [1.807, 2.05) is 48.3 Å². The summed E-state index contributed by atoms with van der Waals surface area (Å²) in [5, 5.41) is 17.2. The summed E-state index contributed by atoms with van der Waals surface area (Å²) in [7, 11) is -9.13. The van der Waals surface area contributed by atoms with Crippen LogP contribution in [0.3, 0.4) is 0 Å². The third-order valence-corrected chi connectivity index (χ3v) is 23.6. The highest BCUT2D eigenvalue weighted by atomic mass is 32.2. The Morgan fingerprint density at radius 2 is 1.55 bits per heavy atom. The zero-order valence-electron chi connectivity index (χ0n) is 60.4. The number of rotatable bonds is 33. The number of hydrogen-bond acceptors (Lipinski definition) is 19. The van der Waals surface area contributed by atoms with Gasteiger partial charge in [-0.25, -0.2) is 21.6 Å². The van der Waals surface area contributed by atoms with Crippen LogP contribution >= 0.6 is 11.8 Å². The number of piperazine rings is 1. The summed E-state index contributed by atoms with van der Waals surface area (Å²) in [5.74, 6) is -2.52. The molecule has 28 heteroatoms. The number of aryl methyl sites for hydroxylation is 1. The van der Waals surface area contributed by atoms with Crippen LogP contribution in [0.1, 0.15) is 141 Å². The normalized spacial score (nSPS) is 17.5. The van der Waals surface area contributed by atoms with Gasteiger partial charge in [-0.2, -0.15) is 13.2 Å². The summed E-state index contributed by atoms with van der Waals surface area (Å²) >= 11 is 1.43. The number of carbonyl (C=O) groups excluding carboxylic acids is 5. The van der Waals surface area contributed by atoms with Crippen LogP contribution in [0.15, 0.2) is 142 Å². The number of benzene rings is 5. The third kappa shape index (κ3) is 20.7. The van der Waals surface area contributed by atoms with Gasteiger partial charge in [-0.1, -0.05) is 112 Å². The fourth-order valence-electron chi connectivity index (χ4n) is 14.3. The van der Waals surface area contributed by atoms with Gasteiger partial charge in [0, 0.05) is 91.4 Å². The molecule has 6 aromatic rings. The van der Waals surface area contributed by atoms with Crippen LogP contribution in [0, 0.1) is 23.2 Å². The van der Waals surface area contributed by atoms with E-state index in [1.165, 1.54) is 51.1 Å². The van der Waals surface area contributed by atoms with Crippen molar-refractivity contribution >= 4 is 83.7 Å². The molecule has 4 N–H and O–H groups in total. The van der Waals surface area contributed by atoms with Crippen LogP contribution in [0.2, 0.25) is 0 Å². The topological polar surface area (TPSA) is 264 Å². The number of ether oxygens (including phenoxy) is 2. The maximum Gasteiger partial charge on any atom is 0.501 e. The fraction of sp³-hybridized carbons (Fsp3) is 0.487. The molecule has 5 aromatic carbocycles. The second-order valence-corrected chi connectivity index (χ2v) is 34.7. The molecule has 4 amide bonds. The van der Waals surface area contributed by atoms with Crippen molar-refractivity contribution in [1.29, 1.82) is 0 Å². The molecule has 0 saturated carbocycles. The minimum absolute atomic E-state index is 0.0202. The number of piperidine rings is 1. The first-order valence-electron chi connectivity index (χ1n) is 35.3. The van der Waals surface area contributed by atoms with Crippen LogP contribution in [0.25, 0.3) is 5.57 Å². The zero-order chi connectivity index (χ0) is 74.8. The van der Waals surface area contributed by atoms with Gasteiger partial charge in [0.1, 0.15) is 16.6 Å². The number of Topliss-reactive ketones (excluding diaryl/α,β-unsaturated/α-hetero) is 1. The molecule has 0 radical (unpaired) electrons. The Labute approximate surface area is 612 Å². The van der Waals surface area contributed by atoms with Gasteiger partial charge in [0.05, 0.1) is 55.3 Å². The fourth-order valence-corrected chi connectivity index (χ4v) is 17.3. The number of ketones is 1. The number of aromatic nitrogens is 3. The van der Waals surface area contributed by atoms with Gasteiger partial charge in [-0.3, -0.25) is 38.9 Å². The molecule has 2 fully saturated rings. The predicted molar refractivity (Wildman–Crippen MR) is 396 cm³/mol. The number of allylic oxidation sites excluding steroid dienone is 1. The highest BCUT2D eigenvalue weighted by molar-refractivity contribution is 7.99. The maximum atomic E-state index is 14.6. The Kier molecular flexibility index (Phi) is 25.4. The first-order chi connectivity index (χ1) is 49.2. The van der Waals surface area contributed by atoms with Gasteiger partial charge >= 0.3 is 5.51 Å². The smallest absolute Gasteiger partial charge is 0.382 e. The number of thioether (sulfide) groups is 1. The lowest BCUT2D eigenvalue weighted by Gasteiger charge is -2.39. The first-order valence-corrected chi connectivity index (χ1v) is 39.3. The van der Waals surface area contributed by atoms with Crippen LogP contribution in [-0.4, -0.2) is 185 Å². The van der Waals surface area contributed by atoms with Crippen molar-refractivity contribution in [3.8, 4) is 0 Å². The van der Waals surface area contributed by atoms with Crippen molar-refractivity contribution in [2.45, 2.75) is 145 Å². The molecule has 1 aliphatic carbocycles. The van der Waals surface area contributed by atoms with E-state index in [9.17, 15) is 54.0 Å². The standard InChI is InChI=1S/C76H96F3N11O11S3/c1-52-17-19-53(20-18-52)61-29-31-73(2,3)44-55(61)45-87-36-38-88(39-37-87)58-23-21-54(22-24-58)70(93)84-104(98,99)60-25-26-63(67(43-60)103(96,97)76(77,78)79)81-56(49-102-59-13-10-9-11-14-59)30-34-86(8)35-32-74(4,5)50-75(6,7)51-89-46-57(83-85-89)48-101-42-41-100-40-33-80-64-16-12-15-62-66(91)47-90(72(95)69(62)64)65-27-28-68(92)82-71(65)94/h9-26,43,46,56,65,80-81H,27-42,44-45,47-51H2,1-8H3,(H,84,93)(H,82,92,94)/t56-,65?/m1/s1. The van der Waals surface area contributed by atoms with Crippen LogP contribution in [-0.2, 0) is 52.1 Å². The number of nitrogens with zero attached hydrogens (tertiary/aromatic N) is 7. The minimum Gasteiger partial charge on any atom is -0.382 e. The molecule has 104 heavy (non-hydrogen) atoms. The van der Waals surface area contributed by atoms with Gasteiger partial charge in [-0.15, -0.1) is 16.9 Å². The van der Waals surface area contributed by atoms with Crippen molar-refractivity contribution in [1.82, 2.24) is 39.7 Å². The van der Waals surface area contributed by atoms with E-state index in [1.54, 1.807) is 35.0 Å². The monoisotopic (exact) mass is 1490 g/mol. The number of carbonyl (C=O) groups is 5. The Hall–Kier alpha value is -7.99. The Balaban J connectivity index is 0.685. The lowest BCUT2D eigenvalue weighted by Crippen LogP contribution is -2.57. The number of sulfone groups is 1. The number of amides is 4. The molecule has 0 spiro atoms. The SMILES string of the molecule is Cc1ccc(C2=C(CN3CCN(c4ccc(C(=O)NS(=O)(=O)c5ccc(N[C@H](CCN(C)CCC(C)(C)CC(C)(C)Cn6cc(COCCOCCNc7cccc8c7C(=O)N(C7CCC(=O)NC7=O)CC8=O)nn6)CSc6ccccc6)c(S(=O)(=O)C(F)(F)F)c5)cc4)CC3)CC(C)(C)CC2)cc1. The number of imide groups is 1. The van der Waals surface area contributed by atoms with Crippen LogP contribution in [0.4, 0.5) is 30.2 Å². The minimum atomic E-state index is -6.16. The zero-order valence-corrected chi connectivity index (χ0v) is 62.9. The summed E-state index contributed by atoms with van der Waals surface area (Å²) in [6.45, 7) is 22.2. The van der Waals surface area contributed by atoms with E-state index in [2.05, 4.69) is 114 Å². The Morgan fingerprint density at radius 1 is 0.827 bits per heavy atom. The quantitative estimate of drug-likeness (QED) is 0.0169. The van der Waals surface area contributed by atoms with E-state index >= 15 is 0 Å². The number of nitrogens with one attached hydrogen (secondary N) is 4. The molecule has 0 bridgehead atoms. The summed E-state index contributed by atoms with van der Waals surface area (Å²) in [5.41, 5.74) is 1.34. The van der Waals surface area contributed by atoms with E-state index in [0.29, 0.717) is 55.8 Å². The van der Waals surface area contributed by atoms with Crippen molar-refractivity contribution in [2.24, 2.45) is 16.2 Å². The highest BCUT2D eigenvalue weighted by Crippen LogP contribution is 2.44. The molecule has 4 heterocycles. The molecule has 22 nitrogen and oxygen atoms in total. The summed E-state index contributed by atoms with van der Waals surface area (Å²) < 4.78 is 114. The van der Waals surface area contributed by atoms with Crippen LogP contribution in [0.5, 0.6) is 0 Å². The molecule has 2 atom stereocenters. The second-order valence-electron chi connectivity index (χ2n) is 30.0. The van der Waals surface area contributed by atoms with E-state index in [0.717, 1.165) is 87.5 Å². The predicted octanol–water partition coefficient (Wildman–Crippen LogP) is 11.3. The number of anilines is 3. The average Bonchev–Trinajstić information content (AvgIpc) is 0.793. The van der Waals surface area contributed by atoms with Crippen molar-refractivity contribution in [3.63, 3.8) is 0 Å². The second kappa shape index (κ2) is 33.6. The number of hydrogen-bond donors (Lipinski definition) is 4. The van der Waals surface area contributed by atoms with Crippen LogP contribution < -0.4 is 25.6 Å². The Morgan fingerprint density at radius 3 is 2.26 bits per heavy atom. The Bertz CT molecular complexity index is 4320. The van der Waals surface area contributed by atoms with E-state index in [4.69, 9.17) is 9.47 Å². The summed E-state index contributed by atoms with van der Waals surface area (Å²) in [6, 6.07) is 30.4. The third-order valence-electron chi connectivity index (χ3n) is 19.6. The molecule has 1 aromatic heterocycles. The lowest BCUT2D eigenvalue weighted by atomic mass is 9.72. The molecular formula is C76H96F3N11O11S3.